The van der Waals surface area contributed by atoms with E-state index in [1.807, 2.05) is 42.5 Å². The highest BCUT2D eigenvalue weighted by Crippen LogP contribution is 2.23. The van der Waals surface area contributed by atoms with E-state index in [2.05, 4.69) is 15.0 Å². The second-order valence-corrected chi connectivity index (χ2v) is 7.88. The van der Waals surface area contributed by atoms with Gasteiger partial charge in [0.1, 0.15) is 0 Å². The SMILES string of the molecule is CS(=O)(=O)Nc1nc(CC(=O)Nc2cccc3ccccc23)cs1. The molecule has 1 aromatic heterocycles. The van der Waals surface area contributed by atoms with E-state index < -0.39 is 10.0 Å². The molecule has 0 bridgehead atoms. The number of amides is 1. The van der Waals surface area contributed by atoms with Crippen LogP contribution in [-0.4, -0.2) is 25.6 Å². The zero-order valence-corrected chi connectivity index (χ0v) is 14.4. The van der Waals surface area contributed by atoms with Crippen molar-refractivity contribution in [3.8, 4) is 0 Å². The average Bonchev–Trinajstić information content (AvgIpc) is 2.92. The number of anilines is 2. The molecule has 0 aliphatic rings. The number of hydrogen-bond donors (Lipinski definition) is 2. The fraction of sp³-hybridized carbons (Fsp3) is 0.125. The lowest BCUT2D eigenvalue weighted by molar-refractivity contribution is -0.115. The zero-order valence-electron chi connectivity index (χ0n) is 12.8. The first-order valence-corrected chi connectivity index (χ1v) is 9.88. The van der Waals surface area contributed by atoms with E-state index in [-0.39, 0.29) is 17.5 Å². The molecule has 0 atom stereocenters. The monoisotopic (exact) mass is 361 g/mol. The molecule has 1 heterocycles. The Morgan fingerprint density at radius 2 is 1.92 bits per heavy atom. The lowest BCUT2D eigenvalue weighted by Crippen LogP contribution is -2.15. The average molecular weight is 361 g/mol. The van der Waals surface area contributed by atoms with E-state index in [0.717, 1.165) is 34.1 Å². The molecule has 3 rings (SSSR count). The van der Waals surface area contributed by atoms with Crippen LogP contribution in [0.3, 0.4) is 0 Å². The Labute approximate surface area is 143 Å². The Balaban J connectivity index is 1.71. The Morgan fingerprint density at radius 3 is 2.71 bits per heavy atom. The molecular weight excluding hydrogens is 346 g/mol. The van der Waals surface area contributed by atoms with Crippen LogP contribution in [0.2, 0.25) is 0 Å². The van der Waals surface area contributed by atoms with Crippen molar-refractivity contribution in [3.63, 3.8) is 0 Å². The summed E-state index contributed by atoms with van der Waals surface area (Å²) in [5.41, 5.74) is 1.26. The number of thiazole rings is 1. The summed E-state index contributed by atoms with van der Waals surface area (Å²) in [4.78, 5) is 16.3. The van der Waals surface area contributed by atoms with Gasteiger partial charge in [0.2, 0.25) is 15.9 Å². The lowest BCUT2D eigenvalue weighted by atomic mass is 10.1. The molecule has 0 saturated carbocycles. The quantitative estimate of drug-likeness (QED) is 0.731. The molecule has 0 spiro atoms. The maximum absolute atomic E-state index is 12.2. The van der Waals surface area contributed by atoms with Gasteiger partial charge in [-0.3, -0.25) is 9.52 Å². The van der Waals surface area contributed by atoms with Gasteiger partial charge in [-0.1, -0.05) is 36.4 Å². The fourth-order valence-electron chi connectivity index (χ4n) is 2.29. The fourth-order valence-corrected chi connectivity index (χ4v) is 3.85. The van der Waals surface area contributed by atoms with Crippen LogP contribution in [0, 0.1) is 0 Å². The molecule has 3 aromatic rings. The number of hydrogen-bond acceptors (Lipinski definition) is 5. The van der Waals surface area contributed by atoms with Crippen LogP contribution in [0.1, 0.15) is 5.69 Å². The minimum Gasteiger partial charge on any atom is -0.325 e. The first kappa shape index (κ1) is 16.4. The number of carbonyl (C=O) groups is 1. The van der Waals surface area contributed by atoms with Gasteiger partial charge in [0, 0.05) is 16.5 Å². The smallest absolute Gasteiger partial charge is 0.231 e. The first-order valence-electron chi connectivity index (χ1n) is 7.10. The van der Waals surface area contributed by atoms with Gasteiger partial charge in [-0.2, -0.15) is 0 Å². The third kappa shape index (κ3) is 4.09. The summed E-state index contributed by atoms with van der Waals surface area (Å²) in [5, 5.41) is 6.80. The summed E-state index contributed by atoms with van der Waals surface area (Å²) in [5.74, 6) is -0.206. The van der Waals surface area contributed by atoms with Crippen molar-refractivity contribution >= 4 is 48.9 Å². The van der Waals surface area contributed by atoms with Crippen molar-refractivity contribution in [2.45, 2.75) is 6.42 Å². The first-order chi connectivity index (χ1) is 11.4. The molecular formula is C16H15N3O3S2. The van der Waals surface area contributed by atoms with Gasteiger partial charge < -0.3 is 5.32 Å². The predicted octanol–water partition coefficient (Wildman–Crippen LogP) is 2.85. The molecule has 0 saturated heterocycles. The summed E-state index contributed by atoms with van der Waals surface area (Å²) >= 11 is 1.15. The molecule has 0 radical (unpaired) electrons. The van der Waals surface area contributed by atoms with Crippen LogP contribution in [0.5, 0.6) is 0 Å². The summed E-state index contributed by atoms with van der Waals surface area (Å²) in [6.45, 7) is 0. The summed E-state index contributed by atoms with van der Waals surface area (Å²) in [6, 6.07) is 13.5. The number of rotatable bonds is 5. The number of sulfonamides is 1. The highest BCUT2D eigenvalue weighted by atomic mass is 32.2. The van der Waals surface area contributed by atoms with E-state index >= 15 is 0 Å². The third-order valence-electron chi connectivity index (χ3n) is 3.23. The van der Waals surface area contributed by atoms with Gasteiger partial charge in [0.15, 0.2) is 5.13 Å². The van der Waals surface area contributed by atoms with Gasteiger partial charge >= 0.3 is 0 Å². The number of fused-ring (bicyclic) bond motifs is 1. The second kappa shape index (κ2) is 6.58. The Kier molecular flexibility index (Phi) is 4.50. The molecule has 1 amide bonds. The molecule has 0 fully saturated rings. The van der Waals surface area contributed by atoms with Crippen molar-refractivity contribution < 1.29 is 13.2 Å². The van der Waals surface area contributed by atoms with Crippen molar-refractivity contribution in [3.05, 3.63) is 53.5 Å². The number of nitrogens with zero attached hydrogens (tertiary/aromatic N) is 1. The normalized spacial score (nSPS) is 11.4. The van der Waals surface area contributed by atoms with Crippen LogP contribution < -0.4 is 10.0 Å². The van der Waals surface area contributed by atoms with Crippen LogP contribution in [0.4, 0.5) is 10.8 Å². The summed E-state index contributed by atoms with van der Waals surface area (Å²) in [7, 11) is -3.37. The summed E-state index contributed by atoms with van der Waals surface area (Å²) in [6.07, 6.45) is 1.13. The number of carbonyl (C=O) groups excluding carboxylic acids is 1. The van der Waals surface area contributed by atoms with Crippen LogP contribution in [0.15, 0.2) is 47.8 Å². The molecule has 2 aromatic carbocycles. The Hall–Kier alpha value is -2.45. The number of benzene rings is 2. The van der Waals surface area contributed by atoms with Crippen molar-refractivity contribution in [2.75, 3.05) is 16.3 Å². The van der Waals surface area contributed by atoms with Gasteiger partial charge in [-0.05, 0) is 11.5 Å². The summed E-state index contributed by atoms with van der Waals surface area (Å²) < 4.78 is 24.6. The largest absolute Gasteiger partial charge is 0.325 e. The molecule has 6 nitrogen and oxygen atoms in total. The Bertz CT molecular complexity index is 991. The molecule has 8 heteroatoms. The van der Waals surface area contributed by atoms with E-state index in [1.165, 1.54) is 0 Å². The van der Waals surface area contributed by atoms with Gasteiger partial charge in [0.05, 0.1) is 18.4 Å². The number of nitrogens with one attached hydrogen (secondary N) is 2. The van der Waals surface area contributed by atoms with Crippen molar-refractivity contribution in [1.82, 2.24) is 4.98 Å². The standard InChI is InChI=1S/C16H15N3O3S2/c1-24(21,22)19-16-17-12(10-23-16)9-15(20)18-14-8-4-6-11-5-2-3-7-13(11)14/h2-8,10H,9H2,1H3,(H,17,19)(H,18,20). The van der Waals surface area contributed by atoms with Crippen molar-refractivity contribution in [1.29, 1.82) is 0 Å². The zero-order chi connectivity index (χ0) is 17.2. The van der Waals surface area contributed by atoms with Gasteiger partial charge in [0.25, 0.3) is 0 Å². The lowest BCUT2D eigenvalue weighted by Gasteiger charge is -2.08. The molecule has 0 aliphatic carbocycles. The predicted molar refractivity (Wildman–Crippen MR) is 96.9 cm³/mol. The van der Waals surface area contributed by atoms with E-state index in [9.17, 15) is 13.2 Å². The van der Waals surface area contributed by atoms with Gasteiger partial charge in [-0.25, -0.2) is 13.4 Å². The minimum atomic E-state index is -3.37. The Morgan fingerprint density at radius 1 is 1.17 bits per heavy atom. The second-order valence-electron chi connectivity index (χ2n) is 5.27. The molecule has 124 valence electrons. The van der Waals surface area contributed by atoms with Gasteiger partial charge in [-0.15, -0.1) is 11.3 Å². The van der Waals surface area contributed by atoms with E-state index in [1.54, 1.807) is 5.38 Å². The molecule has 24 heavy (non-hydrogen) atoms. The minimum absolute atomic E-state index is 0.0746. The van der Waals surface area contributed by atoms with Crippen LogP contribution in [0.25, 0.3) is 10.8 Å². The topological polar surface area (TPSA) is 88.2 Å². The van der Waals surface area contributed by atoms with E-state index in [4.69, 9.17) is 0 Å². The van der Waals surface area contributed by atoms with Crippen LogP contribution in [-0.2, 0) is 21.2 Å². The number of aromatic nitrogens is 1. The third-order valence-corrected chi connectivity index (χ3v) is 4.73. The van der Waals surface area contributed by atoms with E-state index in [0.29, 0.717) is 5.69 Å². The highest BCUT2D eigenvalue weighted by molar-refractivity contribution is 7.92. The molecule has 0 aliphatic heterocycles. The maximum Gasteiger partial charge on any atom is 0.231 e. The molecule has 0 unspecified atom stereocenters. The van der Waals surface area contributed by atoms with Crippen molar-refractivity contribution in [2.24, 2.45) is 0 Å². The highest BCUT2D eigenvalue weighted by Gasteiger charge is 2.11. The molecule has 2 N–H and O–H groups in total. The van der Waals surface area contributed by atoms with Crippen LogP contribution >= 0.6 is 11.3 Å². The maximum atomic E-state index is 12.2.